The van der Waals surface area contributed by atoms with Crippen molar-refractivity contribution >= 4 is 27.9 Å². The summed E-state index contributed by atoms with van der Waals surface area (Å²) in [6.45, 7) is 0.502. The minimum atomic E-state index is -3.47. The summed E-state index contributed by atoms with van der Waals surface area (Å²) in [5.74, 6) is -0.0277. The summed E-state index contributed by atoms with van der Waals surface area (Å²) in [7, 11) is 0. The molecule has 0 bridgehead atoms. The monoisotopic (exact) mass is 550 g/mol. The van der Waals surface area contributed by atoms with Crippen LogP contribution in [0.1, 0.15) is 38.2 Å². The van der Waals surface area contributed by atoms with Crippen LogP contribution in [-0.4, -0.2) is 24.3 Å². The van der Waals surface area contributed by atoms with Crippen LogP contribution < -0.4 is 8.90 Å². The number of nitrogens with zero attached hydrogens (tertiary/aromatic N) is 1. The first-order valence-electron chi connectivity index (χ1n) is 11.6. The summed E-state index contributed by atoms with van der Waals surface area (Å²) in [6, 6.07) is 38.5. The summed E-state index contributed by atoms with van der Waals surface area (Å²) in [5, 5.41) is 13.2. The minimum absolute atomic E-state index is 0.0277. The zero-order chi connectivity index (χ0) is 23.4. The van der Waals surface area contributed by atoms with Gasteiger partial charge in [-0.15, -0.1) is 0 Å². The van der Waals surface area contributed by atoms with Gasteiger partial charge in [-0.1, -0.05) is 0 Å². The molecule has 0 radical (unpaired) electrons. The molecule has 1 N–H and O–H groups in total. The molecule has 0 aromatic heterocycles. The molecule has 166 valence electrons. The van der Waals surface area contributed by atoms with Gasteiger partial charge in [-0.3, -0.25) is 0 Å². The summed E-state index contributed by atoms with van der Waals surface area (Å²) >= 11 is -3.47. The Morgan fingerprint density at radius 3 is 1.65 bits per heavy atom. The van der Waals surface area contributed by atoms with E-state index in [0.717, 1.165) is 33.6 Å². The molecule has 1 heterocycles. The quantitative estimate of drug-likeness (QED) is 0.337. The zero-order valence-corrected chi connectivity index (χ0v) is 21.9. The molecule has 0 fully saturated rings. The number of carbonyl (C=O) groups excluding carboxylic acids is 1. The molecule has 34 heavy (non-hydrogen) atoms. The molecule has 4 aromatic rings. The van der Waals surface area contributed by atoms with E-state index in [1.165, 1.54) is 16.7 Å². The molecule has 1 aliphatic rings. The van der Waals surface area contributed by atoms with Crippen LogP contribution in [0.3, 0.4) is 0 Å². The third-order valence-corrected chi connectivity index (χ3v) is 20.5. The van der Waals surface area contributed by atoms with E-state index < -0.39 is 18.4 Å². The van der Waals surface area contributed by atoms with E-state index >= 15 is 0 Å². The molecule has 1 aliphatic heterocycles. The number of hydrogen-bond acceptors (Lipinski definition) is 2. The standard InChI is InChI=1S/C9H5N2O.3C7H7.Sn/c10-4-6-1-2-8-7(3-6)5-11-9(8)12;3*1-7-5-3-2-4-6-7;/h2-3H,5H2,(H,11,12);3*2-6H,1H2;. The van der Waals surface area contributed by atoms with Gasteiger partial charge < -0.3 is 0 Å². The Morgan fingerprint density at radius 1 is 0.735 bits per heavy atom. The zero-order valence-electron chi connectivity index (χ0n) is 19.0. The summed E-state index contributed by atoms with van der Waals surface area (Å²) in [5.41, 5.74) is 6.33. The first-order valence-corrected chi connectivity index (χ1v) is 19.1. The van der Waals surface area contributed by atoms with Gasteiger partial charge in [0.1, 0.15) is 0 Å². The molecule has 5 rings (SSSR count). The van der Waals surface area contributed by atoms with Gasteiger partial charge in [-0.05, 0) is 0 Å². The van der Waals surface area contributed by atoms with Gasteiger partial charge in [0.15, 0.2) is 0 Å². The van der Waals surface area contributed by atoms with Gasteiger partial charge in [-0.2, -0.15) is 0 Å². The molecule has 0 atom stereocenters. The number of nitriles is 1. The number of rotatable bonds is 7. The molecule has 0 spiro atoms. The molecular weight excluding hydrogens is 523 g/mol. The van der Waals surface area contributed by atoms with E-state index in [-0.39, 0.29) is 5.91 Å². The van der Waals surface area contributed by atoms with Crippen molar-refractivity contribution in [1.82, 2.24) is 5.32 Å². The van der Waals surface area contributed by atoms with E-state index in [2.05, 4.69) is 108 Å². The Hall–Kier alpha value is -3.36. The van der Waals surface area contributed by atoms with Crippen LogP contribution in [0, 0.1) is 11.3 Å². The first-order chi connectivity index (χ1) is 16.7. The molecule has 1 amide bonds. The van der Waals surface area contributed by atoms with E-state index in [0.29, 0.717) is 6.54 Å². The second-order valence-corrected chi connectivity index (χ2v) is 21.0. The van der Waals surface area contributed by atoms with Gasteiger partial charge in [0.05, 0.1) is 0 Å². The van der Waals surface area contributed by atoms with Crippen LogP contribution >= 0.6 is 0 Å². The number of nitrogens with one attached hydrogen (secondary N) is 1. The number of carbonyl (C=O) groups is 1. The predicted octanol–water partition coefficient (Wildman–Crippen LogP) is 4.80. The summed E-state index contributed by atoms with van der Waals surface area (Å²) in [4.78, 5) is 12.6. The molecule has 0 saturated carbocycles. The number of fused-ring (bicyclic) bond motifs is 1. The first kappa shape index (κ1) is 22.4. The normalized spacial score (nSPS) is 12.6. The van der Waals surface area contributed by atoms with Crippen molar-refractivity contribution in [2.24, 2.45) is 0 Å². The van der Waals surface area contributed by atoms with Gasteiger partial charge in [0.25, 0.3) is 0 Å². The molecule has 0 saturated heterocycles. The Morgan fingerprint density at radius 2 is 1.21 bits per heavy atom. The average molecular weight is 549 g/mol. The average Bonchev–Trinajstić information content (AvgIpc) is 3.24. The second-order valence-electron chi connectivity index (χ2n) is 9.12. The molecular formula is C30H26N2OSn. The molecule has 4 heteroatoms. The SMILES string of the molecule is N#Cc1cc2c(c[c]1[Sn]([CH2]c1ccccc1)([CH2]c1ccccc1)[CH2]c1ccccc1)C(=O)NC2. The van der Waals surface area contributed by atoms with Crippen LogP contribution in [-0.2, 0) is 19.9 Å². The Kier molecular flexibility index (Phi) is 6.51. The molecule has 0 aliphatic carbocycles. The van der Waals surface area contributed by atoms with Crippen molar-refractivity contribution in [3.63, 3.8) is 0 Å². The van der Waals surface area contributed by atoms with Gasteiger partial charge in [0.2, 0.25) is 0 Å². The second kappa shape index (κ2) is 9.87. The van der Waals surface area contributed by atoms with Crippen LogP contribution in [0.15, 0.2) is 103 Å². The van der Waals surface area contributed by atoms with Gasteiger partial charge >= 0.3 is 206 Å². The Balaban J connectivity index is 1.74. The van der Waals surface area contributed by atoms with Crippen molar-refractivity contribution < 1.29 is 4.79 Å². The van der Waals surface area contributed by atoms with E-state index in [1.807, 2.05) is 6.07 Å². The van der Waals surface area contributed by atoms with E-state index in [4.69, 9.17) is 0 Å². The maximum absolute atomic E-state index is 12.6. The number of hydrogen-bond donors (Lipinski definition) is 1. The van der Waals surface area contributed by atoms with Gasteiger partial charge in [0, 0.05) is 0 Å². The number of benzene rings is 4. The third kappa shape index (κ3) is 4.64. The van der Waals surface area contributed by atoms with Gasteiger partial charge in [-0.25, -0.2) is 0 Å². The fraction of sp³-hybridized carbons (Fsp3) is 0.133. The van der Waals surface area contributed by atoms with Crippen molar-refractivity contribution in [1.29, 1.82) is 5.26 Å². The maximum atomic E-state index is 12.6. The topological polar surface area (TPSA) is 52.9 Å². The predicted molar refractivity (Wildman–Crippen MR) is 138 cm³/mol. The van der Waals surface area contributed by atoms with E-state index in [1.54, 1.807) is 0 Å². The fourth-order valence-electron chi connectivity index (χ4n) is 5.24. The molecule has 4 aromatic carbocycles. The number of amides is 1. The Bertz CT molecular complexity index is 1240. The third-order valence-electron chi connectivity index (χ3n) is 6.78. The van der Waals surface area contributed by atoms with Crippen LogP contribution in [0.4, 0.5) is 0 Å². The van der Waals surface area contributed by atoms with Crippen molar-refractivity contribution in [2.75, 3.05) is 0 Å². The van der Waals surface area contributed by atoms with Crippen molar-refractivity contribution in [2.45, 2.75) is 19.9 Å². The van der Waals surface area contributed by atoms with Crippen LogP contribution in [0.5, 0.6) is 0 Å². The van der Waals surface area contributed by atoms with Crippen LogP contribution in [0.25, 0.3) is 0 Å². The summed E-state index contributed by atoms with van der Waals surface area (Å²) in [6.07, 6.45) is 0. The summed E-state index contributed by atoms with van der Waals surface area (Å²) < 4.78 is 4.06. The van der Waals surface area contributed by atoms with Crippen molar-refractivity contribution in [3.05, 3.63) is 137 Å². The Labute approximate surface area is 205 Å². The molecule has 0 unspecified atom stereocenters. The fourth-order valence-corrected chi connectivity index (χ4v) is 19.9. The van der Waals surface area contributed by atoms with E-state index in [9.17, 15) is 10.1 Å². The van der Waals surface area contributed by atoms with Crippen LogP contribution in [0.2, 0.25) is 0 Å². The molecule has 3 nitrogen and oxygen atoms in total. The van der Waals surface area contributed by atoms with Crippen molar-refractivity contribution in [3.8, 4) is 6.07 Å².